The lowest BCUT2D eigenvalue weighted by atomic mass is 9.81. The molecule has 2 fully saturated rings. The smallest absolute Gasteiger partial charge is 0.311 e. The van der Waals surface area contributed by atoms with Crippen LogP contribution in [0.2, 0.25) is 0 Å². The number of nitrogens with zero attached hydrogens (tertiary/aromatic N) is 1. The summed E-state index contributed by atoms with van der Waals surface area (Å²) >= 11 is 0. The first kappa shape index (κ1) is 15.5. The number of rotatable bonds is 4. The first-order valence-electron chi connectivity index (χ1n) is 7.87. The van der Waals surface area contributed by atoms with Crippen LogP contribution in [0.3, 0.4) is 0 Å². The van der Waals surface area contributed by atoms with Crippen LogP contribution < -0.4 is 5.32 Å². The summed E-state index contributed by atoms with van der Waals surface area (Å²) in [6.45, 7) is 0.634. The first-order chi connectivity index (χ1) is 11.0. The number of benzene rings is 1. The molecule has 2 N–H and O–H groups in total. The number of nitrogens with one attached hydrogen (secondary N) is 1. The number of amides is 2. The van der Waals surface area contributed by atoms with Gasteiger partial charge in [0.2, 0.25) is 5.91 Å². The molecule has 1 saturated heterocycles. The number of carbonyl (C=O) groups excluding carboxylic acids is 2. The lowest BCUT2D eigenvalue weighted by Crippen LogP contribution is -2.41. The van der Waals surface area contributed by atoms with Crippen LogP contribution in [0.25, 0.3) is 0 Å². The van der Waals surface area contributed by atoms with Gasteiger partial charge in [0.05, 0.1) is 12.0 Å². The van der Waals surface area contributed by atoms with E-state index in [1.54, 1.807) is 29.2 Å². The topological polar surface area (TPSA) is 86.7 Å². The Morgan fingerprint density at radius 2 is 2.00 bits per heavy atom. The number of aliphatic carboxylic acids is 1. The molecule has 23 heavy (non-hydrogen) atoms. The molecular weight excluding hydrogens is 296 g/mol. The third-order valence-corrected chi connectivity index (χ3v) is 5.09. The number of fused-ring (bicyclic) bond motifs is 1. The lowest BCUT2D eigenvalue weighted by Gasteiger charge is -2.23. The molecule has 6 heteroatoms. The molecule has 0 bridgehead atoms. The van der Waals surface area contributed by atoms with Gasteiger partial charge in [0, 0.05) is 18.7 Å². The summed E-state index contributed by atoms with van der Waals surface area (Å²) in [5.41, 5.74) is -0.278. The number of hydrogen-bond donors (Lipinski definition) is 2. The maximum atomic E-state index is 12.3. The Balaban J connectivity index is 1.58. The zero-order valence-electron chi connectivity index (χ0n) is 12.8. The molecule has 0 spiro atoms. The third kappa shape index (κ3) is 2.81. The van der Waals surface area contributed by atoms with Crippen molar-refractivity contribution < 1.29 is 19.5 Å². The van der Waals surface area contributed by atoms with E-state index in [9.17, 15) is 19.5 Å². The Labute approximate surface area is 134 Å². The van der Waals surface area contributed by atoms with Crippen molar-refractivity contribution in [1.82, 2.24) is 10.2 Å². The van der Waals surface area contributed by atoms with Crippen molar-refractivity contribution in [2.24, 2.45) is 11.3 Å². The highest BCUT2D eigenvalue weighted by atomic mass is 16.4. The van der Waals surface area contributed by atoms with E-state index in [-0.39, 0.29) is 30.8 Å². The molecule has 122 valence electrons. The minimum Gasteiger partial charge on any atom is -0.481 e. The van der Waals surface area contributed by atoms with Crippen LogP contribution in [0.15, 0.2) is 30.3 Å². The molecule has 1 aliphatic carbocycles. The van der Waals surface area contributed by atoms with Crippen molar-refractivity contribution in [3.05, 3.63) is 35.9 Å². The van der Waals surface area contributed by atoms with Gasteiger partial charge in [-0.25, -0.2) is 0 Å². The van der Waals surface area contributed by atoms with E-state index in [4.69, 9.17) is 0 Å². The number of hydrogen-bond acceptors (Lipinski definition) is 3. The van der Waals surface area contributed by atoms with Crippen molar-refractivity contribution in [2.75, 3.05) is 19.6 Å². The summed E-state index contributed by atoms with van der Waals surface area (Å²) in [5.74, 6) is -1.28. The van der Waals surface area contributed by atoms with Crippen molar-refractivity contribution in [3.8, 4) is 0 Å². The van der Waals surface area contributed by atoms with E-state index in [1.807, 2.05) is 6.07 Å². The summed E-state index contributed by atoms with van der Waals surface area (Å²) in [6, 6.07) is 8.69. The van der Waals surface area contributed by atoms with Crippen LogP contribution in [-0.2, 0) is 9.59 Å². The van der Waals surface area contributed by atoms with Crippen LogP contribution in [0.1, 0.15) is 29.6 Å². The van der Waals surface area contributed by atoms with Gasteiger partial charge in [0.1, 0.15) is 0 Å². The number of carbonyl (C=O) groups is 3. The Bertz CT molecular complexity index is 631. The van der Waals surface area contributed by atoms with Gasteiger partial charge in [0.15, 0.2) is 0 Å². The van der Waals surface area contributed by atoms with E-state index in [1.165, 1.54) is 0 Å². The predicted molar refractivity (Wildman–Crippen MR) is 82.8 cm³/mol. The van der Waals surface area contributed by atoms with Gasteiger partial charge in [-0.3, -0.25) is 14.4 Å². The van der Waals surface area contributed by atoms with Crippen LogP contribution in [0.4, 0.5) is 0 Å². The standard InChI is InChI=1S/C17H20N2O4/c20-14(9-18-15(21)12-5-2-1-3-6-12)19-10-13-7-4-8-17(13,11-19)16(22)23/h1-3,5-6,13H,4,7-11H2,(H,18,21)(H,22,23)/t13-,17+/m0/s1. The fraction of sp³-hybridized carbons (Fsp3) is 0.471. The highest BCUT2D eigenvalue weighted by molar-refractivity contribution is 5.96. The molecular formula is C17H20N2O4. The minimum absolute atomic E-state index is 0.0359. The summed E-state index contributed by atoms with van der Waals surface area (Å²) in [6.07, 6.45) is 2.39. The molecule has 1 aromatic rings. The second-order valence-corrected chi connectivity index (χ2v) is 6.37. The Morgan fingerprint density at radius 1 is 1.26 bits per heavy atom. The highest BCUT2D eigenvalue weighted by Gasteiger charge is 2.55. The lowest BCUT2D eigenvalue weighted by molar-refractivity contribution is -0.149. The predicted octanol–water partition coefficient (Wildman–Crippen LogP) is 1.13. The average Bonchev–Trinajstić information content (AvgIpc) is 3.11. The van der Waals surface area contributed by atoms with Crippen LogP contribution in [-0.4, -0.2) is 47.4 Å². The van der Waals surface area contributed by atoms with Crippen LogP contribution in [0, 0.1) is 11.3 Å². The van der Waals surface area contributed by atoms with Gasteiger partial charge in [-0.15, -0.1) is 0 Å². The van der Waals surface area contributed by atoms with E-state index in [0.717, 1.165) is 12.8 Å². The van der Waals surface area contributed by atoms with Gasteiger partial charge < -0.3 is 15.3 Å². The Morgan fingerprint density at radius 3 is 2.65 bits per heavy atom. The summed E-state index contributed by atoms with van der Waals surface area (Å²) < 4.78 is 0. The van der Waals surface area contributed by atoms with Crippen molar-refractivity contribution >= 4 is 17.8 Å². The Hall–Kier alpha value is -2.37. The molecule has 1 saturated carbocycles. The van der Waals surface area contributed by atoms with E-state index >= 15 is 0 Å². The second kappa shape index (κ2) is 6.02. The molecule has 2 amide bonds. The minimum atomic E-state index is -0.802. The van der Waals surface area contributed by atoms with Gasteiger partial charge in [0.25, 0.3) is 5.91 Å². The van der Waals surface area contributed by atoms with Crippen LogP contribution >= 0.6 is 0 Å². The van der Waals surface area contributed by atoms with E-state index in [0.29, 0.717) is 18.5 Å². The van der Waals surface area contributed by atoms with Crippen molar-refractivity contribution in [3.63, 3.8) is 0 Å². The molecule has 2 atom stereocenters. The SMILES string of the molecule is O=C(NCC(=O)N1C[C@@H]2CCC[C@@]2(C(=O)O)C1)c1ccccc1. The third-order valence-electron chi connectivity index (χ3n) is 5.09. The summed E-state index contributed by atoms with van der Waals surface area (Å²) in [7, 11) is 0. The number of likely N-dealkylation sites (tertiary alicyclic amines) is 1. The number of carboxylic acid groups (broad SMARTS) is 1. The van der Waals surface area contributed by atoms with Gasteiger partial charge in [-0.2, -0.15) is 0 Å². The maximum Gasteiger partial charge on any atom is 0.311 e. The van der Waals surface area contributed by atoms with Crippen LogP contribution in [0.5, 0.6) is 0 Å². The maximum absolute atomic E-state index is 12.3. The molecule has 2 aliphatic rings. The zero-order valence-corrected chi connectivity index (χ0v) is 12.8. The average molecular weight is 316 g/mol. The van der Waals surface area contributed by atoms with E-state index < -0.39 is 11.4 Å². The molecule has 1 heterocycles. The zero-order chi connectivity index (χ0) is 16.4. The monoisotopic (exact) mass is 316 g/mol. The Kier molecular flexibility index (Phi) is 4.07. The summed E-state index contributed by atoms with van der Waals surface area (Å²) in [5, 5.41) is 12.1. The largest absolute Gasteiger partial charge is 0.481 e. The van der Waals surface area contributed by atoms with Gasteiger partial charge >= 0.3 is 5.97 Å². The molecule has 0 aromatic heterocycles. The normalized spacial score (nSPS) is 25.9. The molecule has 0 radical (unpaired) electrons. The molecule has 3 rings (SSSR count). The highest BCUT2D eigenvalue weighted by Crippen LogP contribution is 2.48. The van der Waals surface area contributed by atoms with Gasteiger partial charge in [-0.05, 0) is 30.9 Å². The fourth-order valence-electron chi connectivity index (χ4n) is 3.79. The van der Waals surface area contributed by atoms with Crippen molar-refractivity contribution in [1.29, 1.82) is 0 Å². The molecule has 6 nitrogen and oxygen atoms in total. The quantitative estimate of drug-likeness (QED) is 0.872. The van der Waals surface area contributed by atoms with Gasteiger partial charge in [-0.1, -0.05) is 24.6 Å². The second-order valence-electron chi connectivity index (χ2n) is 6.37. The molecule has 1 aliphatic heterocycles. The molecule has 1 aromatic carbocycles. The summed E-state index contributed by atoms with van der Waals surface area (Å²) in [4.78, 5) is 37.5. The van der Waals surface area contributed by atoms with E-state index in [2.05, 4.69) is 5.32 Å². The molecule has 0 unspecified atom stereocenters. The fourth-order valence-corrected chi connectivity index (χ4v) is 3.79. The van der Waals surface area contributed by atoms with Crippen molar-refractivity contribution in [2.45, 2.75) is 19.3 Å². The number of carboxylic acids is 1. The first-order valence-corrected chi connectivity index (χ1v) is 7.87.